The third-order valence-corrected chi connectivity index (χ3v) is 3.55. The van der Waals surface area contributed by atoms with E-state index in [1.54, 1.807) is 6.07 Å². The highest BCUT2D eigenvalue weighted by molar-refractivity contribution is 5.92. The minimum atomic E-state index is -4.48. The van der Waals surface area contributed by atoms with Crippen molar-refractivity contribution in [1.82, 2.24) is 15.2 Å². The van der Waals surface area contributed by atoms with Gasteiger partial charge in [-0.3, -0.25) is 14.9 Å². The van der Waals surface area contributed by atoms with Gasteiger partial charge in [0.05, 0.1) is 17.8 Å². The first-order chi connectivity index (χ1) is 11.0. The average molecular weight is 340 g/mol. The van der Waals surface area contributed by atoms with Crippen LogP contribution in [-0.2, 0) is 18.1 Å². The van der Waals surface area contributed by atoms with Crippen LogP contribution in [0.5, 0.6) is 0 Å². The topological polar surface area (TPSA) is 72.9 Å². The van der Waals surface area contributed by atoms with Crippen LogP contribution in [-0.4, -0.2) is 15.7 Å². The van der Waals surface area contributed by atoms with Crippen LogP contribution in [0.2, 0.25) is 0 Å². The van der Waals surface area contributed by atoms with Gasteiger partial charge in [0.15, 0.2) is 0 Å². The van der Waals surface area contributed by atoms with E-state index in [0.717, 1.165) is 6.07 Å². The van der Waals surface area contributed by atoms with Crippen LogP contribution in [0.4, 0.5) is 13.2 Å². The van der Waals surface area contributed by atoms with Gasteiger partial charge in [0, 0.05) is 5.41 Å². The highest BCUT2D eigenvalue weighted by Gasteiger charge is 2.33. The number of nitrogens with one attached hydrogen (secondary N) is 1. The van der Waals surface area contributed by atoms with E-state index in [1.807, 2.05) is 26.2 Å². The Bertz CT molecular complexity index is 745. The Kier molecular flexibility index (Phi) is 4.70. The molecule has 0 saturated carbocycles. The molecular weight excluding hydrogens is 321 g/mol. The molecule has 8 heteroatoms. The normalized spacial score (nSPS) is 12.3. The number of alkyl halides is 3. The molecule has 0 fully saturated rings. The quantitative estimate of drug-likeness (QED) is 0.513. The van der Waals surface area contributed by atoms with Crippen molar-refractivity contribution < 1.29 is 18.0 Å². The molecule has 0 aliphatic carbocycles. The van der Waals surface area contributed by atoms with Crippen LogP contribution in [0.3, 0.4) is 0 Å². The Balaban J connectivity index is 2.51. The molecule has 1 heterocycles. The largest absolute Gasteiger partial charge is 0.416 e. The fraction of sp³-hybridized carbons (Fsp3) is 0.375. The second kappa shape index (κ2) is 6.27. The summed E-state index contributed by atoms with van der Waals surface area (Å²) in [5, 5.41) is 4.30. The van der Waals surface area contributed by atoms with Gasteiger partial charge < -0.3 is 0 Å². The van der Waals surface area contributed by atoms with E-state index < -0.39 is 17.6 Å². The van der Waals surface area contributed by atoms with Crippen molar-refractivity contribution >= 4 is 5.91 Å². The van der Waals surface area contributed by atoms with Gasteiger partial charge in [0.2, 0.25) is 0 Å². The molecule has 2 rings (SSSR count). The summed E-state index contributed by atoms with van der Waals surface area (Å²) in [4.78, 5) is 11.9. The Morgan fingerprint density at radius 2 is 1.88 bits per heavy atom. The van der Waals surface area contributed by atoms with Gasteiger partial charge in [-0.2, -0.15) is 18.3 Å². The van der Waals surface area contributed by atoms with Gasteiger partial charge in [0.25, 0.3) is 5.91 Å². The SMILES string of the molecule is CC(C)(C)c1cc(C(=O)NN)n(Cc2ccccc2C(F)(F)F)n1. The summed E-state index contributed by atoms with van der Waals surface area (Å²) in [6.45, 7) is 5.50. The van der Waals surface area contributed by atoms with Gasteiger partial charge >= 0.3 is 6.18 Å². The molecule has 0 saturated heterocycles. The van der Waals surface area contributed by atoms with E-state index in [1.165, 1.54) is 22.9 Å². The van der Waals surface area contributed by atoms with Crippen LogP contribution < -0.4 is 11.3 Å². The van der Waals surface area contributed by atoms with E-state index in [4.69, 9.17) is 5.84 Å². The summed E-state index contributed by atoms with van der Waals surface area (Å²) in [5.41, 5.74) is 1.61. The van der Waals surface area contributed by atoms with Crippen molar-refractivity contribution in [1.29, 1.82) is 0 Å². The molecule has 3 N–H and O–H groups in total. The zero-order valence-electron chi connectivity index (χ0n) is 13.6. The van der Waals surface area contributed by atoms with Gasteiger partial charge in [-0.05, 0) is 17.7 Å². The first-order valence-corrected chi connectivity index (χ1v) is 7.28. The number of nitrogens with zero attached hydrogens (tertiary/aromatic N) is 2. The lowest BCUT2D eigenvalue weighted by molar-refractivity contribution is -0.138. The number of hydrogen-bond acceptors (Lipinski definition) is 3. The molecule has 130 valence electrons. The molecule has 1 aromatic heterocycles. The number of carbonyl (C=O) groups is 1. The van der Waals surface area contributed by atoms with E-state index >= 15 is 0 Å². The lowest BCUT2D eigenvalue weighted by Crippen LogP contribution is -2.32. The van der Waals surface area contributed by atoms with Gasteiger partial charge in [0.1, 0.15) is 5.69 Å². The number of benzene rings is 1. The molecule has 0 unspecified atom stereocenters. The van der Waals surface area contributed by atoms with E-state index in [0.29, 0.717) is 5.69 Å². The smallest absolute Gasteiger partial charge is 0.289 e. The van der Waals surface area contributed by atoms with Crippen molar-refractivity contribution in [3.05, 3.63) is 52.8 Å². The van der Waals surface area contributed by atoms with Crippen molar-refractivity contribution in [3.63, 3.8) is 0 Å². The summed E-state index contributed by atoms with van der Waals surface area (Å²) >= 11 is 0. The highest BCUT2D eigenvalue weighted by Crippen LogP contribution is 2.32. The lowest BCUT2D eigenvalue weighted by atomic mass is 9.92. The van der Waals surface area contributed by atoms with Crippen LogP contribution in [0.25, 0.3) is 0 Å². The van der Waals surface area contributed by atoms with Crippen molar-refractivity contribution in [2.45, 2.75) is 38.9 Å². The van der Waals surface area contributed by atoms with Gasteiger partial charge in [-0.15, -0.1) is 0 Å². The molecule has 0 radical (unpaired) electrons. The summed E-state index contributed by atoms with van der Waals surface area (Å²) in [6.07, 6.45) is -4.48. The zero-order valence-corrected chi connectivity index (χ0v) is 13.6. The summed E-state index contributed by atoms with van der Waals surface area (Å²) < 4.78 is 40.7. The Morgan fingerprint density at radius 1 is 1.25 bits per heavy atom. The Morgan fingerprint density at radius 3 is 2.42 bits per heavy atom. The van der Waals surface area contributed by atoms with Crippen LogP contribution in [0.15, 0.2) is 30.3 Å². The van der Waals surface area contributed by atoms with Crippen LogP contribution in [0, 0.1) is 0 Å². The summed E-state index contributed by atoms with van der Waals surface area (Å²) in [6, 6.07) is 6.75. The second-order valence-corrected chi connectivity index (χ2v) is 6.45. The summed E-state index contributed by atoms with van der Waals surface area (Å²) in [5.74, 6) is 4.55. The lowest BCUT2D eigenvalue weighted by Gasteiger charge is -2.15. The molecule has 24 heavy (non-hydrogen) atoms. The minimum absolute atomic E-state index is 0.0274. The maximum absolute atomic E-state index is 13.1. The van der Waals surface area contributed by atoms with Crippen LogP contribution >= 0.6 is 0 Å². The average Bonchev–Trinajstić information content (AvgIpc) is 2.90. The molecule has 2 aromatic rings. The van der Waals surface area contributed by atoms with E-state index in [2.05, 4.69) is 5.10 Å². The summed E-state index contributed by atoms with van der Waals surface area (Å²) in [7, 11) is 0. The number of carbonyl (C=O) groups excluding carboxylic acids is 1. The van der Waals surface area contributed by atoms with E-state index in [-0.39, 0.29) is 23.2 Å². The zero-order chi connectivity index (χ0) is 18.1. The van der Waals surface area contributed by atoms with Crippen LogP contribution in [0.1, 0.15) is 48.1 Å². The molecule has 1 aromatic carbocycles. The first-order valence-electron chi connectivity index (χ1n) is 7.28. The number of hydrogen-bond donors (Lipinski definition) is 2. The maximum Gasteiger partial charge on any atom is 0.416 e. The molecule has 1 amide bonds. The standard InChI is InChI=1S/C16H19F3N4O/c1-15(2,3)13-8-12(14(24)21-20)23(22-13)9-10-6-4-5-7-11(10)16(17,18)19/h4-8H,9,20H2,1-3H3,(H,21,24). The number of rotatable bonds is 3. The molecule has 5 nitrogen and oxygen atoms in total. The number of amides is 1. The molecule has 0 aliphatic rings. The third-order valence-electron chi connectivity index (χ3n) is 3.55. The first kappa shape index (κ1) is 18.0. The predicted molar refractivity (Wildman–Crippen MR) is 83.1 cm³/mol. The third kappa shape index (κ3) is 3.76. The number of halogens is 3. The van der Waals surface area contributed by atoms with Gasteiger partial charge in [-0.1, -0.05) is 39.0 Å². The fourth-order valence-electron chi connectivity index (χ4n) is 2.26. The maximum atomic E-state index is 13.1. The molecule has 0 aliphatic heterocycles. The Hall–Kier alpha value is -2.35. The number of aromatic nitrogens is 2. The Labute approximate surface area is 137 Å². The number of nitrogen functional groups attached to an aromatic ring is 1. The van der Waals surface area contributed by atoms with Crippen molar-refractivity contribution in [2.24, 2.45) is 5.84 Å². The molecular formula is C16H19F3N4O. The highest BCUT2D eigenvalue weighted by atomic mass is 19.4. The fourth-order valence-corrected chi connectivity index (χ4v) is 2.26. The minimum Gasteiger partial charge on any atom is -0.289 e. The number of nitrogens with two attached hydrogens (primary N) is 1. The molecule has 0 atom stereocenters. The van der Waals surface area contributed by atoms with Gasteiger partial charge in [-0.25, -0.2) is 5.84 Å². The van der Waals surface area contributed by atoms with Crippen molar-refractivity contribution in [2.75, 3.05) is 0 Å². The predicted octanol–water partition coefficient (Wildman–Crippen LogP) is 2.85. The second-order valence-electron chi connectivity index (χ2n) is 6.45. The monoisotopic (exact) mass is 340 g/mol. The van der Waals surface area contributed by atoms with Crippen molar-refractivity contribution in [3.8, 4) is 0 Å². The van der Waals surface area contributed by atoms with E-state index in [9.17, 15) is 18.0 Å². The molecule has 0 spiro atoms. The molecule has 0 bridgehead atoms. The number of hydrazine groups is 1.